The molecule has 2 aliphatic rings. The maximum Gasteiger partial charge on any atom is 0.119 e. The van der Waals surface area contributed by atoms with Crippen LogP contribution in [0, 0.1) is 11.3 Å². The molecule has 0 amide bonds. The van der Waals surface area contributed by atoms with Gasteiger partial charge in [-0.25, -0.2) is 0 Å². The molecule has 0 heterocycles. The lowest BCUT2D eigenvalue weighted by molar-refractivity contribution is 0.00202. The van der Waals surface area contributed by atoms with Crippen LogP contribution in [0.1, 0.15) is 44.2 Å². The summed E-state index contributed by atoms with van der Waals surface area (Å²) in [6.07, 6.45) is 2.44. The van der Waals surface area contributed by atoms with Crippen LogP contribution >= 0.6 is 0 Å². The van der Waals surface area contributed by atoms with Crippen LogP contribution in [0.3, 0.4) is 0 Å². The van der Waals surface area contributed by atoms with Crippen LogP contribution in [0.4, 0.5) is 0 Å². The Morgan fingerprint density at radius 2 is 2.16 bits per heavy atom. The molecule has 0 aliphatic heterocycles. The molecule has 0 bridgehead atoms. The standard InChI is InChI=1S/C17H25NO/c1-5-8-18-16-14-9-11-6-7-12(19-4)10-13(11)15(14)17(16,2)3/h6-7,10,14-16,18H,5,8-9H2,1-4H3. The van der Waals surface area contributed by atoms with Crippen LogP contribution in [0.5, 0.6) is 5.75 Å². The van der Waals surface area contributed by atoms with E-state index in [9.17, 15) is 0 Å². The quantitative estimate of drug-likeness (QED) is 0.895. The van der Waals surface area contributed by atoms with Crippen molar-refractivity contribution in [2.75, 3.05) is 13.7 Å². The minimum absolute atomic E-state index is 0.359. The molecule has 0 radical (unpaired) electrons. The summed E-state index contributed by atoms with van der Waals surface area (Å²) < 4.78 is 5.39. The fourth-order valence-electron chi connectivity index (χ4n) is 4.38. The van der Waals surface area contributed by atoms with E-state index in [2.05, 4.69) is 44.3 Å². The van der Waals surface area contributed by atoms with Crippen molar-refractivity contribution >= 4 is 0 Å². The zero-order valence-corrected chi connectivity index (χ0v) is 12.5. The molecule has 2 aliphatic carbocycles. The summed E-state index contributed by atoms with van der Waals surface area (Å²) in [4.78, 5) is 0. The van der Waals surface area contributed by atoms with E-state index in [0.29, 0.717) is 17.4 Å². The maximum absolute atomic E-state index is 5.39. The molecular weight excluding hydrogens is 234 g/mol. The van der Waals surface area contributed by atoms with Gasteiger partial charge in [0.2, 0.25) is 0 Å². The third-order valence-electron chi connectivity index (χ3n) is 5.22. The molecule has 1 aromatic rings. The lowest BCUT2D eigenvalue weighted by Crippen LogP contribution is -2.61. The lowest BCUT2D eigenvalue weighted by atomic mass is 9.52. The number of hydrogen-bond donors (Lipinski definition) is 1. The molecule has 1 aromatic carbocycles. The number of nitrogens with one attached hydrogen (secondary N) is 1. The van der Waals surface area contributed by atoms with Crippen molar-refractivity contribution in [2.24, 2.45) is 11.3 Å². The van der Waals surface area contributed by atoms with Gasteiger partial charge in [0.1, 0.15) is 5.75 Å². The van der Waals surface area contributed by atoms with Gasteiger partial charge < -0.3 is 10.1 Å². The highest BCUT2D eigenvalue weighted by Gasteiger charge is 2.59. The van der Waals surface area contributed by atoms with Gasteiger partial charge in [0, 0.05) is 6.04 Å². The van der Waals surface area contributed by atoms with Crippen molar-refractivity contribution in [2.45, 2.75) is 45.6 Å². The number of methoxy groups -OCH3 is 1. The maximum atomic E-state index is 5.39. The first-order valence-electron chi connectivity index (χ1n) is 7.49. The average molecular weight is 259 g/mol. The Bertz CT molecular complexity index is 480. The summed E-state index contributed by atoms with van der Waals surface area (Å²) in [5.41, 5.74) is 3.42. The molecule has 1 N–H and O–H groups in total. The van der Waals surface area contributed by atoms with Crippen LogP contribution in [-0.2, 0) is 6.42 Å². The van der Waals surface area contributed by atoms with E-state index < -0.39 is 0 Å². The highest BCUT2D eigenvalue weighted by atomic mass is 16.5. The predicted molar refractivity (Wildman–Crippen MR) is 78.8 cm³/mol. The van der Waals surface area contributed by atoms with Crippen LogP contribution in [0.2, 0.25) is 0 Å². The Labute approximate surface area is 116 Å². The molecule has 3 unspecified atom stereocenters. The van der Waals surface area contributed by atoms with Crippen LogP contribution in [-0.4, -0.2) is 19.7 Å². The van der Waals surface area contributed by atoms with Crippen molar-refractivity contribution < 1.29 is 4.74 Å². The van der Waals surface area contributed by atoms with Gasteiger partial charge >= 0.3 is 0 Å². The van der Waals surface area contributed by atoms with Gasteiger partial charge in [-0.15, -0.1) is 0 Å². The molecule has 2 nitrogen and oxygen atoms in total. The normalized spacial score (nSPS) is 30.4. The zero-order chi connectivity index (χ0) is 13.6. The number of rotatable bonds is 4. The summed E-state index contributed by atoms with van der Waals surface area (Å²) in [6, 6.07) is 7.29. The van der Waals surface area contributed by atoms with Crippen molar-refractivity contribution in [1.29, 1.82) is 0 Å². The third kappa shape index (κ3) is 1.80. The van der Waals surface area contributed by atoms with E-state index in [1.807, 2.05) is 0 Å². The summed E-state index contributed by atoms with van der Waals surface area (Å²) in [6.45, 7) is 8.20. The number of benzene rings is 1. The van der Waals surface area contributed by atoms with E-state index in [1.54, 1.807) is 7.11 Å². The predicted octanol–water partition coefficient (Wildman–Crippen LogP) is 3.36. The first-order chi connectivity index (χ1) is 9.09. The molecule has 2 heteroatoms. The zero-order valence-electron chi connectivity index (χ0n) is 12.5. The number of fused-ring (bicyclic) bond motifs is 3. The summed E-state index contributed by atoms with van der Waals surface area (Å²) in [7, 11) is 1.76. The van der Waals surface area contributed by atoms with Gasteiger partial charge in [0.25, 0.3) is 0 Å². The van der Waals surface area contributed by atoms with E-state index in [1.165, 1.54) is 24.0 Å². The Morgan fingerprint density at radius 1 is 1.37 bits per heavy atom. The highest BCUT2D eigenvalue weighted by Crippen LogP contribution is 2.62. The van der Waals surface area contributed by atoms with Crippen molar-refractivity contribution in [3.63, 3.8) is 0 Å². The second kappa shape index (κ2) is 4.52. The molecule has 0 aromatic heterocycles. The van der Waals surface area contributed by atoms with Crippen LogP contribution in [0.15, 0.2) is 18.2 Å². The lowest BCUT2D eigenvalue weighted by Gasteiger charge is -2.56. The van der Waals surface area contributed by atoms with Crippen LogP contribution in [0.25, 0.3) is 0 Å². The van der Waals surface area contributed by atoms with Crippen molar-refractivity contribution in [3.8, 4) is 5.75 Å². The molecule has 3 rings (SSSR count). The van der Waals surface area contributed by atoms with Gasteiger partial charge in [0.05, 0.1) is 7.11 Å². The number of ether oxygens (including phenoxy) is 1. The Kier molecular flexibility index (Phi) is 3.09. The molecule has 3 atom stereocenters. The van der Waals surface area contributed by atoms with Gasteiger partial charge in [-0.05, 0) is 59.9 Å². The highest BCUT2D eigenvalue weighted by molar-refractivity contribution is 5.47. The molecule has 1 fully saturated rings. The summed E-state index contributed by atoms with van der Waals surface area (Å²) >= 11 is 0. The van der Waals surface area contributed by atoms with E-state index in [4.69, 9.17) is 4.74 Å². The summed E-state index contributed by atoms with van der Waals surface area (Å²) in [5.74, 6) is 2.48. The fraction of sp³-hybridized carbons (Fsp3) is 0.647. The van der Waals surface area contributed by atoms with Crippen molar-refractivity contribution in [3.05, 3.63) is 29.3 Å². The van der Waals surface area contributed by atoms with Gasteiger partial charge in [-0.1, -0.05) is 26.8 Å². The smallest absolute Gasteiger partial charge is 0.119 e. The Hall–Kier alpha value is -1.02. The average Bonchev–Trinajstić information content (AvgIpc) is 2.74. The van der Waals surface area contributed by atoms with Gasteiger partial charge in [-0.2, -0.15) is 0 Å². The molecular formula is C17H25NO. The van der Waals surface area contributed by atoms with Crippen LogP contribution < -0.4 is 10.1 Å². The second-order valence-corrected chi connectivity index (χ2v) is 6.66. The van der Waals surface area contributed by atoms with Gasteiger partial charge in [-0.3, -0.25) is 0 Å². The SMILES string of the molecule is CCCNC1C2Cc3ccc(OC)cc3C2C1(C)C. The van der Waals surface area contributed by atoms with E-state index in [0.717, 1.165) is 18.2 Å². The van der Waals surface area contributed by atoms with Crippen molar-refractivity contribution in [1.82, 2.24) is 5.32 Å². The fourth-order valence-corrected chi connectivity index (χ4v) is 4.38. The first kappa shape index (κ1) is 13.0. The largest absolute Gasteiger partial charge is 0.497 e. The monoisotopic (exact) mass is 259 g/mol. The minimum Gasteiger partial charge on any atom is -0.497 e. The van der Waals surface area contributed by atoms with Gasteiger partial charge in [0.15, 0.2) is 0 Å². The Morgan fingerprint density at radius 3 is 2.84 bits per heavy atom. The molecule has 104 valence electrons. The molecule has 0 saturated heterocycles. The molecule has 1 saturated carbocycles. The Balaban J connectivity index is 1.87. The molecule has 19 heavy (non-hydrogen) atoms. The number of hydrogen-bond acceptors (Lipinski definition) is 2. The topological polar surface area (TPSA) is 21.3 Å². The van der Waals surface area contributed by atoms with E-state index >= 15 is 0 Å². The molecule has 0 spiro atoms. The second-order valence-electron chi connectivity index (χ2n) is 6.66. The third-order valence-corrected chi connectivity index (χ3v) is 5.22. The van der Waals surface area contributed by atoms with E-state index in [-0.39, 0.29) is 0 Å². The minimum atomic E-state index is 0.359. The first-order valence-corrected chi connectivity index (χ1v) is 7.49. The summed E-state index contributed by atoms with van der Waals surface area (Å²) in [5, 5.41) is 3.76.